The number of nitrogens with one attached hydrogen (secondary N) is 1. The highest BCUT2D eigenvalue weighted by atomic mass is 19.1. The Labute approximate surface area is 163 Å². The average Bonchev–Trinajstić information content (AvgIpc) is 3.13. The van der Waals surface area contributed by atoms with Gasteiger partial charge in [0.25, 0.3) is 5.91 Å². The molecule has 28 heavy (non-hydrogen) atoms. The van der Waals surface area contributed by atoms with Gasteiger partial charge in [0, 0.05) is 19.1 Å². The molecule has 0 bridgehead atoms. The zero-order valence-electron chi connectivity index (χ0n) is 16.2. The van der Waals surface area contributed by atoms with Crippen molar-refractivity contribution in [3.8, 4) is 5.69 Å². The van der Waals surface area contributed by atoms with Gasteiger partial charge in [-0.3, -0.25) is 4.79 Å². The minimum absolute atomic E-state index is 0.00273. The van der Waals surface area contributed by atoms with Crippen LogP contribution in [0.1, 0.15) is 42.7 Å². The third-order valence-corrected chi connectivity index (χ3v) is 4.88. The zero-order chi connectivity index (χ0) is 20.1. The van der Waals surface area contributed by atoms with Crippen molar-refractivity contribution >= 4 is 12.0 Å². The fraction of sp³-hybridized carbons (Fsp3) is 0.450. The van der Waals surface area contributed by atoms with Crippen LogP contribution in [-0.4, -0.2) is 52.4 Å². The molecule has 1 aromatic carbocycles. The Morgan fingerprint density at radius 2 is 1.89 bits per heavy atom. The van der Waals surface area contributed by atoms with E-state index in [2.05, 4.69) is 10.4 Å². The minimum Gasteiger partial charge on any atom is -0.450 e. The number of carbonyl (C=O) groups is 2. The summed E-state index contributed by atoms with van der Waals surface area (Å²) in [5, 5.41) is 7.36. The predicted octanol–water partition coefficient (Wildman–Crippen LogP) is 2.92. The second-order valence-corrected chi connectivity index (χ2v) is 6.68. The molecular weight excluding hydrogens is 363 g/mol. The van der Waals surface area contributed by atoms with Gasteiger partial charge in [0.05, 0.1) is 29.7 Å². The van der Waals surface area contributed by atoms with E-state index < -0.39 is 0 Å². The minimum atomic E-state index is -0.318. The summed E-state index contributed by atoms with van der Waals surface area (Å²) in [6, 6.07) is 6.00. The molecule has 8 heteroatoms. The first-order chi connectivity index (χ1) is 13.5. The van der Waals surface area contributed by atoms with Gasteiger partial charge in [-0.05, 0) is 50.5 Å². The van der Waals surface area contributed by atoms with Crippen LogP contribution >= 0.6 is 0 Å². The number of benzene rings is 1. The number of ether oxygens (including phenoxy) is 1. The van der Waals surface area contributed by atoms with Gasteiger partial charge >= 0.3 is 6.09 Å². The van der Waals surface area contributed by atoms with E-state index in [-0.39, 0.29) is 23.9 Å². The molecule has 1 aliphatic rings. The van der Waals surface area contributed by atoms with Crippen LogP contribution in [-0.2, 0) is 11.2 Å². The van der Waals surface area contributed by atoms with E-state index in [1.807, 2.05) is 6.92 Å². The summed E-state index contributed by atoms with van der Waals surface area (Å²) < 4.78 is 19.9. The zero-order valence-corrected chi connectivity index (χ0v) is 16.2. The van der Waals surface area contributed by atoms with Crippen LogP contribution in [0, 0.1) is 5.82 Å². The van der Waals surface area contributed by atoms with Crippen LogP contribution in [0.5, 0.6) is 0 Å². The highest BCUT2D eigenvalue weighted by Gasteiger charge is 2.26. The number of amides is 2. The smallest absolute Gasteiger partial charge is 0.409 e. The maximum Gasteiger partial charge on any atom is 0.409 e. The van der Waals surface area contributed by atoms with E-state index in [9.17, 15) is 14.0 Å². The van der Waals surface area contributed by atoms with Crippen molar-refractivity contribution in [3.05, 3.63) is 47.5 Å². The lowest BCUT2D eigenvalue weighted by atomic mass is 10.0. The molecule has 0 saturated carbocycles. The SMILES string of the molecule is CCOC(=O)N1CCC(NC(=O)c2cnn(-c3ccc(F)cc3)c2CC)CC1. The molecular formula is C20H25FN4O3. The lowest BCUT2D eigenvalue weighted by Crippen LogP contribution is -2.46. The second kappa shape index (κ2) is 8.86. The largest absolute Gasteiger partial charge is 0.450 e. The third-order valence-electron chi connectivity index (χ3n) is 4.88. The maximum atomic E-state index is 13.2. The monoisotopic (exact) mass is 388 g/mol. The van der Waals surface area contributed by atoms with Gasteiger partial charge in [0.15, 0.2) is 0 Å². The number of likely N-dealkylation sites (tertiary alicyclic amines) is 1. The Kier molecular flexibility index (Phi) is 6.28. The van der Waals surface area contributed by atoms with Gasteiger partial charge in [-0.15, -0.1) is 0 Å². The van der Waals surface area contributed by atoms with Crippen LogP contribution in [0.15, 0.2) is 30.5 Å². The number of nitrogens with zero attached hydrogens (tertiary/aromatic N) is 3. The summed E-state index contributed by atoms with van der Waals surface area (Å²) in [4.78, 5) is 26.2. The molecule has 1 aromatic heterocycles. The van der Waals surface area contributed by atoms with E-state index in [0.29, 0.717) is 50.2 Å². The first-order valence-corrected chi connectivity index (χ1v) is 9.58. The van der Waals surface area contributed by atoms with Gasteiger partial charge < -0.3 is 15.0 Å². The van der Waals surface area contributed by atoms with Crippen molar-refractivity contribution in [1.29, 1.82) is 0 Å². The van der Waals surface area contributed by atoms with E-state index >= 15 is 0 Å². The molecule has 0 radical (unpaired) electrons. The summed E-state index contributed by atoms with van der Waals surface area (Å²) in [5.41, 5.74) is 1.99. The molecule has 7 nitrogen and oxygen atoms in total. The van der Waals surface area contributed by atoms with Crippen molar-refractivity contribution in [2.24, 2.45) is 0 Å². The van der Waals surface area contributed by atoms with E-state index in [1.165, 1.54) is 12.1 Å². The van der Waals surface area contributed by atoms with Crippen molar-refractivity contribution < 1.29 is 18.7 Å². The second-order valence-electron chi connectivity index (χ2n) is 6.68. The lowest BCUT2D eigenvalue weighted by Gasteiger charge is -2.31. The number of carbonyl (C=O) groups excluding carboxylic acids is 2. The molecule has 2 amide bonds. The molecule has 2 aromatic rings. The number of rotatable bonds is 5. The average molecular weight is 388 g/mol. The van der Waals surface area contributed by atoms with E-state index in [0.717, 1.165) is 5.69 Å². The van der Waals surface area contributed by atoms with Crippen LogP contribution in [0.4, 0.5) is 9.18 Å². The first kappa shape index (κ1) is 19.9. The molecule has 3 rings (SSSR count). The quantitative estimate of drug-likeness (QED) is 0.854. The highest BCUT2D eigenvalue weighted by Crippen LogP contribution is 2.18. The van der Waals surface area contributed by atoms with Gasteiger partial charge in [-0.2, -0.15) is 5.10 Å². The van der Waals surface area contributed by atoms with Crippen LogP contribution in [0.3, 0.4) is 0 Å². The lowest BCUT2D eigenvalue weighted by molar-refractivity contribution is 0.0859. The van der Waals surface area contributed by atoms with Crippen LogP contribution in [0.2, 0.25) is 0 Å². The summed E-state index contributed by atoms with van der Waals surface area (Å²) in [5.74, 6) is -0.499. The van der Waals surface area contributed by atoms with Gasteiger partial charge in [-0.1, -0.05) is 6.92 Å². The molecule has 0 aliphatic carbocycles. The maximum absolute atomic E-state index is 13.2. The normalized spacial score (nSPS) is 14.8. The van der Waals surface area contributed by atoms with Gasteiger partial charge in [0.2, 0.25) is 0 Å². The van der Waals surface area contributed by atoms with Crippen LogP contribution in [0.25, 0.3) is 5.69 Å². The summed E-state index contributed by atoms with van der Waals surface area (Å²) in [7, 11) is 0. The Morgan fingerprint density at radius 3 is 2.50 bits per heavy atom. The molecule has 1 N–H and O–H groups in total. The van der Waals surface area contributed by atoms with Gasteiger partial charge in [0.1, 0.15) is 5.82 Å². The predicted molar refractivity (Wildman–Crippen MR) is 102 cm³/mol. The molecule has 1 saturated heterocycles. The van der Waals surface area contributed by atoms with Crippen molar-refractivity contribution in [3.63, 3.8) is 0 Å². The third kappa shape index (κ3) is 4.32. The molecule has 0 spiro atoms. The number of halogens is 1. The number of aromatic nitrogens is 2. The Morgan fingerprint density at radius 1 is 1.21 bits per heavy atom. The Balaban J connectivity index is 1.65. The van der Waals surface area contributed by atoms with Crippen LogP contribution < -0.4 is 5.32 Å². The van der Waals surface area contributed by atoms with Gasteiger partial charge in [-0.25, -0.2) is 13.9 Å². The first-order valence-electron chi connectivity index (χ1n) is 9.58. The number of hydrogen-bond donors (Lipinski definition) is 1. The summed E-state index contributed by atoms with van der Waals surface area (Å²) >= 11 is 0. The summed E-state index contributed by atoms with van der Waals surface area (Å²) in [6.45, 7) is 5.19. The molecule has 1 fully saturated rings. The highest BCUT2D eigenvalue weighted by molar-refractivity contribution is 5.95. The Hall–Kier alpha value is -2.90. The number of hydrogen-bond acceptors (Lipinski definition) is 4. The fourth-order valence-electron chi connectivity index (χ4n) is 3.39. The van der Waals surface area contributed by atoms with E-state index in [4.69, 9.17) is 4.74 Å². The van der Waals surface area contributed by atoms with Crippen molar-refractivity contribution in [1.82, 2.24) is 20.0 Å². The topological polar surface area (TPSA) is 76.5 Å². The molecule has 0 atom stereocenters. The summed E-state index contributed by atoms with van der Waals surface area (Å²) in [6.07, 6.45) is 3.21. The molecule has 2 heterocycles. The van der Waals surface area contributed by atoms with E-state index in [1.54, 1.807) is 34.8 Å². The number of piperidine rings is 1. The molecule has 150 valence electrons. The molecule has 1 aliphatic heterocycles. The van der Waals surface area contributed by atoms with Crippen molar-refractivity contribution in [2.45, 2.75) is 39.2 Å². The van der Waals surface area contributed by atoms with Crippen molar-refractivity contribution in [2.75, 3.05) is 19.7 Å². The molecule has 0 unspecified atom stereocenters. The standard InChI is InChI=1S/C20H25FN4O3/c1-3-18-17(13-22-25(18)16-7-5-14(21)6-8-16)19(26)23-15-9-11-24(12-10-15)20(27)28-4-2/h5-8,13,15H,3-4,9-12H2,1-2H3,(H,23,26). The fourth-order valence-corrected chi connectivity index (χ4v) is 3.39. The Bertz CT molecular complexity index is 826.